The molecule has 23 heavy (non-hydrogen) atoms. The van der Waals surface area contributed by atoms with E-state index < -0.39 is 0 Å². The lowest BCUT2D eigenvalue weighted by Crippen LogP contribution is -2.16. The zero-order chi connectivity index (χ0) is 15.8. The van der Waals surface area contributed by atoms with Crippen molar-refractivity contribution < 1.29 is 9.53 Å². The lowest BCUT2D eigenvalue weighted by molar-refractivity contribution is 0.102. The summed E-state index contributed by atoms with van der Waals surface area (Å²) in [4.78, 5) is 17.1. The van der Waals surface area contributed by atoms with Crippen LogP contribution in [-0.4, -0.2) is 22.1 Å². The highest BCUT2D eigenvalue weighted by atomic mass is 16.5. The second-order valence-corrected chi connectivity index (χ2v) is 5.54. The summed E-state index contributed by atoms with van der Waals surface area (Å²) in [6, 6.07) is 13.4. The summed E-state index contributed by atoms with van der Waals surface area (Å²) in [5.41, 5.74) is 3.62. The largest absolute Gasteiger partial charge is 0.493 e. The summed E-state index contributed by atoms with van der Waals surface area (Å²) in [6.45, 7) is 3.47. The highest BCUT2D eigenvalue weighted by molar-refractivity contribution is 6.04. The number of nitrogens with zero attached hydrogens (tertiary/aromatic N) is 2. The molecule has 1 aliphatic rings. The number of aromatic nitrogens is 2. The molecule has 0 unspecified atom stereocenters. The van der Waals surface area contributed by atoms with Crippen LogP contribution in [0.15, 0.2) is 42.5 Å². The van der Waals surface area contributed by atoms with E-state index in [2.05, 4.69) is 10.3 Å². The molecule has 5 heteroatoms. The monoisotopic (exact) mass is 307 g/mol. The Labute approximate surface area is 133 Å². The number of carbonyl (C=O) groups is 1. The third-order valence-corrected chi connectivity index (χ3v) is 4.15. The maximum Gasteiger partial charge on any atom is 0.257 e. The van der Waals surface area contributed by atoms with E-state index in [1.807, 2.05) is 47.9 Å². The molecular formula is C18H17N3O2. The molecule has 0 radical (unpaired) electrons. The van der Waals surface area contributed by atoms with Gasteiger partial charge in [0.25, 0.3) is 5.91 Å². The van der Waals surface area contributed by atoms with Crippen molar-refractivity contribution in [3.05, 3.63) is 53.6 Å². The minimum absolute atomic E-state index is 0.148. The van der Waals surface area contributed by atoms with Gasteiger partial charge in [-0.2, -0.15) is 0 Å². The van der Waals surface area contributed by atoms with Crippen molar-refractivity contribution in [2.45, 2.75) is 19.9 Å². The molecule has 3 aromatic rings. The van der Waals surface area contributed by atoms with Gasteiger partial charge in [-0.3, -0.25) is 10.1 Å². The molecule has 1 aliphatic heterocycles. The fourth-order valence-corrected chi connectivity index (χ4v) is 2.99. The first-order valence-corrected chi connectivity index (χ1v) is 7.78. The van der Waals surface area contributed by atoms with Gasteiger partial charge < -0.3 is 9.30 Å². The number of rotatable bonds is 3. The van der Waals surface area contributed by atoms with Crippen LogP contribution in [-0.2, 0) is 13.0 Å². The average Bonchev–Trinajstić information content (AvgIpc) is 3.17. The van der Waals surface area contributed by atoms with Crippen molar-refractivity contribution in [1.82, 2.24) is 9.55 Å². The zero-order valence-electron chi connectivity index (χ0n) is 12.9. The van der Waals surface area contributed by atoms with Gasteiger partial charge in [-0.05, 0) is 42.8 Å². The van der Waals surface area contributed by atoms with Crippen molar-refractivity contribution in [2.24, 2.45) is 0 Å². The van der Waals surface area contributed by atoms with Crippen molar-refractivity contribution in [3.63, 3.8) is 0 Å². The number of hydrogen-bond donors (Lipinski definition) is 1. The fraction of sp³-hybridized carbons (Fsp3) is 0.222. The minimum Gasteiger partial charge on any atom is -0.493 e. The number of aryl methyl sites for hydroxylation is 1. The molecule has 1 aromatic heterocycles. The average molecular weight is 307 g/mol. The molecule has 0 saturated heterocycles. The van der Waals surface area contributed by atoms with Gasteiger partial charge >= 0.3 is 0 Å². The van der Waals surface area contributed by atoms with Gasteiger partial charge in [-0.25, -0.2) is 4.98 Å². The number of carbonyl (C=O) groups excluding carboxylic acids is 1. The molecule has 0 fully saturated rings. The van der Waals surface area contributed by atoms with Crippen molar-refractivity contribution in [1.29, 1.82) is 0 Å². The van der Waals surface area contributed by atoms with E-state index >= 15 is 0 Å². The second-order valence-electron chi connectivity index (χ2n) is 5.54. The van der Waals surface area contributed by atoms with E-state index in [0.717, 1.165) is 35.3 Å². The highest BCUT2D eigenvalue weighted by Crippen LogP contribution is 2.26. The Kier molecular flexibility index (Phi) is 3.26. The number of para-hydroxylation sites is 2. The Balaban J connectivity index is 1.66. The summed E-state index contributed by atoms with van der Waals surface area (Å²) in [5.74, 6) is 1.31. The van der Waals surface area contributed by atoms with Crippen LogP contribution in [0.25, 0.3) is 11.0 Å². The maximum absolute atomic E-state index is 12.6. The number of fused-ring (bicyclic) bond motifs is 2. The summed E-state index contributed by atoms with van der Waals surface area (Å²) in [5, 5.41) is 2.93. The molecule has 4 rings (SSSR count). The van der Waals surface area contributed by atoms with Crippen molar-refractivity contribution in [3.8, 4) is 5.75 Å². The first kappa shape index (κ1) is 13.8. The number of benzene rings is 2. The Bertz CT molecular complexity index is 898. The molecule has 0 bridgehead atoms. The molecule has 0 spiro atoms. The minimum atomic E-state index is -0.148. The SMILES string of the molecule is CCn1c(NC(=O)c2ccc3c(c2)CCO3)nc2ccccc21. The van der Waals surface area contributed by atoms with E-state index in [9.17, 15) is 4.79 Å². The molecule has 116 valence electrons. The molecular weight excluding hydrogens is 290 g/mol. The molecule has 1 N–H and O–H groups in total. The molecule has 2 aromatic carbocycles. The number of ether oxygens (including phenoxy) is 1. The van der Waals surface area contributed by atoms with Crippen LogP contribution < -0.4 is 10.1 Å². The standard InChI is InChI=1S/C18H17N3O2/c1-2-21-15-6-4-3-5-14(15)19-18(21)20-17(22)13-7-8-16-12(11-13)9-10-23-16/h3-8,11H,2,9-10H2,1H3,(H,19,20,22). The number of anilines is 1. The number of amides is 1. The molecule has 5 nitrogen and oxygen atoms in total. The Morgan fingerprint density at radius 2 is 2.17 bits per heavy atom. The third-order valence-electron chi connectivity index (χ3n) is 4.15. The molecule has 0 atom stereocenters. The predicted octanol–water partition coefficient (Wildman–Crippen LogP) is 3.24. The van der Waals surface area contributed by atoms with Gasteiger partial charge in [-0.15, -0.1) is 0 Å². The van der Waals surface area contributed by atoms with Crippen LogP contribution in [0, 0.1) is 0 Å². The molecule has 0 aliphatic carbocycles. The van der Waals surface area contributed by atoms with Crippen LogP contribution in [0.3, 0.4) is 0 Å². The van der Waals surface area contributed by atoms with Gasteiger partial charge in [0.1, 0.15) is 5.75 Å². The lowest BCUT2D eigenvalue weighted by atomic mass is 10.1. The Hall–Kier alpha value is -2.82. The first-order chi connectivity index (χ1) is 11.3. The van der Waals surface area contributed by atoms with Crippen LogP contribution in [0.4, 0.5) is 5.95 Å². The van der Waals surface area contributed by atoms with Gasteiger partial charge in [0.15, 0.2) is 0 Å². The number of nitrogens with one attached hydrogen (secondary N) is 1. The number of hydrogen-bond acceptors (Lipinski definition) is 3. The molecule has 2 heterocycles. The summed E-state index contributed by atoms with van der Waals surface area (Å²) >= 11 is 0. The van der Waals surface area contributed by atoms with Crippen molar-refractivity contribution in [2.75, 3.05) is 11.9 Å². The van der Waals surface area contributed by atoms with E-state index in [1.165, 1.54) is 0 Å². The van der Waals surface area contributed by atoms with Gasteiger partial charge in [-0.1, -0.05) is 12.1 Å². The third kappa shape index (κ3) is 2.34. The topological polar surface area (TPSA) is 56.2 Å². The second kappa shape index (κ2) is 5.43. The summed E-state index contributed by atoms with van der Waals surface area (Å²) < 4.78 is 7.48. The van der Waals surface area contributed by atoms with Crippen LogP contribution in [0.5, 0.6) is 5.75 Å². The van der Waals surface area contributed by atoms with E-state index in [4.69, 9.17) is 4.74 Å². The molecule has 1 amide bonds. The van der Waals surface area contributed by atoms with Crippen molar-refractivity contribution >= 4 is 22.9 Å². The zero-order valence-corrected chi connectivity index (χ0v) is 12.9. The highest BCUT2D eigenvalue weighted by Gasteiger charge is 2.17. The summed E-state index contributed by atoms with van der Waals surface area (Å²) in [7, 11) is 0. The smallest absolute Gasteiger partial charge is 0.257 e. The maximum atomic E-state index is 12.6. The van der Waals surface area contributed by atoms with Gasteiger partial charge in [0.05, 0.1) is 17.6 Å². The lowest BCUT2D eigenvalue weighted by Gasteiger charge is -2.08. The van der Waals surface area contributed by atoms with Gasteiger partial charge in [0.2, 0.25) is 5.95 Å². The van der Waals surface area contributed by atoms with Crippen LogP contribution >= 0.6 is 0 Å². The van der Waals surface area contributed by atoms with Gasteiger partial charge in [0, 0.05) is 18.5 Å². The fourth-order valence-electron chi connectivity index (χ4n) is 2.99. The van der Waals surface area contributed by atoms with Crippen LogP contribution in [0.1, 0.15) is 22.8 Å². The molecule has 0 saturated carbocycles. The quantitative estimate of drug-likeness (QED) is 0.808. The normalized spacial score (nSPS) is 12.9. The predicted molar refractivity (Wildman–Crippen MR) is 89.0 cm³/mol. The van der Waals surface area contributed by atoms with Crippen LogP contribution in [0.2, 0.25) is 0 Å². The van der Waals surface area contributed by atoms with E-state index in [1.54, 1.807) is 6.07 Å². The number of imidazole rings is 1. The summed E-state index contributed by atoms with van der Waals surface area (Å²) in [6.07, 6.45) is 0.851. The Morgan fingerprint density at radius 3 is 3.04 bits per heavy atom. The first-order valence-electron chi connectivity index (χ1n) is 7.78. The van der Waals surface area contributed by atoms with E-state index in [0.29, 0.717) is 18.1 Å². The van der Waals surface area contributed by atoms with E-state index in [-0.39, 0.29) is 5.91 Å². The Morgan fingerprint density at radius 1 is 1.30 bits per heavy atom.